The fourth-order valence-electron chi connectivity index (χ4n) is 2.61. The number of anilines is 1. The van der Waals surface area contributed by atoms with Gasteiger partial charge in [0.1, 0.15) is 6.33 Å². The van der Waals surface area contributed by atoms with Gasteiger partial charge in [0.15, 0.2) is 11.6 Å². The molecule has 0 unspecified atom stereocenters. The van der Waals surface area contributed by atoms with E-state index >= 15 is 0 Å². The molecule has 1 heterocycles. The second-order valence-electron chi connectivity index (χ2n) is 5.24. The Labute approximate surface area is 107 Å². The van der Waals surface area contributed by atoms with Crippen LogP contribution in [0, 0.1) is 18.2 Å². The van der Waals surface area contributed by atoms with Crippen LogP contribution in [0.25, 0.3) is 0 Å². The lowest BCUT2D eigenvalue weighted by molar-refractivity contribution is 0.215. The Morgan fingerprint density at radius 3 is 2.72 bits per heavy atom. The largest absolute Gasteiger partial charge is 0.367 e. The Hall–Kier alpha value is -1.23. The van der Waals surface area contributed by atoms with Gasteiger partial charge in [-0.2, -0.15) is 0 Å². The van der Waals surface area contributed by atoms with Crippen molar-refractivity contribution in [1.82, 2.24) is 9.97 Å². The van der Waals surface area contributed by atoms with Crippen molar-refractivity contribution in [3.63, 3.8) is 0 Å². The molecule has 1 aromatic rings. The average molecular weight is 252 g/mol. The number of nitrogens with one attached hydrogen (secondary N) is 1. The molecule has 0 amide bonds. The minimum atomic E-state index is -0.361. The third kappa shape index (κ3) is 2.77. The Bertz CT molecular complexity index is 402. The van der Waals surface area contributed by atoms with Gasteiger partial charge in [-0.1, -0.05) is 19.3 Å². The van der Waals surface area contributed by atoms with Crippen molar-refractivity contribution in [2.45, 2.75) is 39.0 Å². The van der Waals surface area contributed by atoms with Gasteiger partial charge in [0, 0.05) is 6.54 Å². The Balaban J connectivity index is 2.03. The summed E-state index contributed by atoms with van der Waals surface area (Å²) in [7, 11) is 0. The van der Waals surface area contributed by atoms with Crippen LogP contribution >= 0.6 is 0 Å². The van der Waals surface area contributed by atoms with Gasteiger partial charge in [-0.15, -0.1) is 0 Å². The van der Waals surface area contributed by atoms with Crippen LogP contribution in [-0.2, 0) is 0 Å². The molecule has 0 bridgehead atoms. The van der Waals surface area contributed by atoms with Crippen molar-refractivity contribution < 1.29 is 4.39 Å². The highest BCUT2D eigenvalue weighted by molar-refractivity contribution is 5.37. The molecule has 1 aliphatic rings. The average Bonchev–Trinajstić information content (AvgIpc) is 2.41. The second kappa shape index (κ2) is 5.61. The number of nitrogens with two attached hydrogens (primary N) is 1. The number of aromatic nitrogens is 2. The lowest BCUT2D eigenvalue weighted by atomic mass is 9.74. The molecule has 0 saturated heterocycles. The molecule has 0 spiro atoms. The maximum absolute atomic E-state index is 13.8. The fraction of sp³-hybridized carbons (Fsp3) is 0.692. The fourth-order valence-corrected chi connectivity index (χ4v) is 2.61. The summed E-state index contributed by atoms with van der Waals surface area (Å²) < 4.78 is 13.8. The van der Waals surface area contributed by atoms with E-state index in [0.717, 1.165) is 12.8 Å². The van der Waals surface area contributed by atoms with Crippen molar-refractivity contribution in [2.75, 3.05) is 18.4 Å². The third-order valence-electron chi connectivity index (χ3n) is 3.94. The molecule has 1 saturated carbocycles. The van der Waals surface area contributed by atoms with Crippen molar-refractivity contribution in [1.29, 1.82) is 0 Å². The summed E-state index contributed by atoms with van der Waals surface area (Å²) in [6.45, 7) is 2.98. The zero-order valence-electron chi connectivity index (χ0n) is 10.9. The number of hydrogen-bond donors (Lipinski definition) is 2. The van der Waals surface area contributed by atoms with Crippen molar-refractivity contribution in [3.05, 3.63) is 17.8 Å². The molecule has 0 atom stereocenters. The topological polar surface area (TPSA) is 63.8 Å². The summed E-state index contributed by atoms with van der Waals surface area (Å²) in [5.74, 6) is -0.0682. The molecule has 0 radical (unpaired) electrons. The van der Waals surface area contributed by atoms with Crippen LogP contribution in [0.3, 0.4) is 0 Å². The maximum Gasteiger partial charge on any atom is 0.186 e. The zero-order valence-corrected chi connectivity index (χ0v) is 10.9. The van der Waals surface area contributed by atoms with Gasteiger partial charge in [0.05, 0.1) is 5.69 Å². The van der Waals surface area contributed by atoms with Gasteiger partial charge < -0.3 is 11.1 Å². The molecule has 1 aliphatic carbocycles. The summed E-state index contributed by atoms with van der Waals surface area (Å²) in [4.78, 5) is 7.77. The summed E-state index contributed by atoms with van der Waals surface area (Å²) in [5, 5.41) is 3.11. The minimum Gasteiger partial charge on any atom is -0.367 e. The smallest absolute Gasteiger partial charge is 0.186 e. The molecule has 1 fully saturated rings. The second-order valence-corrected chi connectivity index (χ2v) is 5.24. The monoisotopic (exact) mass is 252 g/mol. The maximum atomic E-state index is 13.8. The normalized spacial score (nSPS) is 18.6. The SMILES string of the molecule is Cc1ncnc(NCC2(CN)CCCCC2)c1F. The van der Waals surface area contributed by atoms with E-state index in [2.05, 4.69) is 15.3 Å². The van der Waals surface area contributed by atoms with Gasteiger partial charge >= 0.3 is 0 Å². The third-order valence-corrected chi connectivity index (χ3v) is 3.94. The van der Waals surface area contributed by atoms with Gasteiger partial charge in [-0.3, -0.25) is 0 Å². The summed E-state index contributed by atoms with van der Waals surface area (Å²) in [6.07, 6.45) is 7.32. The number of halogens is 1. The Kier molecular flexibility index (Phi) is 4.11. The van der Waals surface area contributed by atoms with Gasteiger partial charge in [-0.05, 0) is 31.7 Å². The molecule has 4 nitrogen and oxygen atoms in total. The van der Waals surface area contributed by atoms with Crippen LogP contribution < -0.4 is 11.1 Å². The molecular formula is C13H21FN4. The summed E-state index contributed by atoms with van der Waals surface area (Å²) >= 11 is 0. The number of rotatable bonds is 4. The van der Waals surface area contributed by atoms with E-state index in [1.807, 2.05) is 0 Å². The minimum absolute atomic E-state index is 0.101. The van der Waals surface area contributed by atoms with Crippen LogP contribution in [0.2, 0.25) is 0 Å². The molecule has 1 aromatic heterocycles. The van der Waals surface area contributed by atoms with Crippen LogP contribution in [0.15, 0.2) is 6.33 Å². The number of hydrogen-bond acceptors (Lipinski definition) is 4. The Morgan fingerprint density at radius 2 is 2.06 bits per heavy atom. The van der Waals surface area contributed by atoms with Crippen LogP contribution in [0.5, 0.6) is 0 Å². The standard InChI is InChI=1S/C13H21FN4/c1-10-11(14)12(18-9-17-10)16-8-13(7-15)5-3-2-4-6-13/h9H,2-8,15H2,1H3,(H,16,17,18). The summed E-state index contributed by atoms with van der Waals surface area (Å²) in [6, 6.07) is 0. The van der Waals surface area contributed by atoms with E-state index in [-0.39, 0.29) is 11.2 Å². The first kappa shape index (κ1) is 13.2. The van der Waals surface area contributed by atoms with Gasteiger partial charge in [-0.25, -0.2) is 14.4 Å². The first-order chi connectivity index (χ1) is 8.67. The first-order valence-electron chi connectivity index (χ1n) is 6.58. The number of nitrogens with zero attached hydrogens (tertiary/aromatic N) is 2. The number of aryl methyl sites for hydroxylation is 1. The van der Waals surface area contributed by atoms with Crippen molar-refractivity contribution in [2.24, 2.45) is 11.1 Å². The predicted octanol–water partition coefficient (Wildman–Crippen LogP) is 2.25. The van der Waals surface area contributed by atoms with E-state index in [9.17, 15) is 4.39 Å². The lowest BCUT2D eigenvalue weighted by Gasteiger charge is -2.36. The van der Waals surface area contributed by atoms with Gasteiger partial charge in [0.25, 0.3) is 0 Å². The zero-order chi connectivity index (χ0) is 13.0. The molecule has 5 heteroatoms. The van der Waals surface area contributed by atoms with Crippen molar-refractivity contribution in [3.8, 4) is 0 Å². The molecule has 0 aliphatic heterocycles. The highest BCUT2D eigenvalue weighted by Crippen LogP contribution is 2.35. The van der Waals surface area contributed by atoms with Crippen LogP contribution in [0.1, 0.15) is 37.8 Å². The highest BCUT2D eigenvalue weighted by Gasteiger charge is 2.30. The first-order valence-corrected chi connectivity index (χ1v) is 6.58. The quantitative estimate of drug-likeness (QED) is 0.862. The van der Waals surface area contributed by atoms with Crippen LogP contribution in [0.4, 0.5) is 10.2 Å². The predicted molar refractivity (Wildman–Crippen MR) is 69.8 cm³/mol. The summed E-state index contributed by atoms with van der Waals surface area (Å²) in [5.41, 5.74) is 6.38. The van der Waals surface area contributed by atoms with E-state index in [1.54, 1.807) is 6.92 Å². The van der Waals surface area contributed by atoms with Gasteiger partial charge in [0.2, 0.25) is 0 Å². The molecule has 3 N–H and O–H groups in total. The molecule has 2 rings (SSSR count). The van der Waals surface area contributed by atoms with Crippen LogP contribution in [-0.4, -0.2) is 23.1 Å². The van der Waals surface area contributed by atoms with E-state index in [4.69, 9.17) is 5.73 Å². The van der Waals surface area contributed by atoms with E-state index < -0.39 is 0 Å². The molecule has 0 aromatic carbocycles. The Morgan fingerprint density at radius 1 is 1.33 bits per heavy atom. The molecule has 100 valence electrons. The lowest BCUT2D eigenvalue weighted by Crippen LogP contribution is -2.39. The molecular weight excluding hydrogens is 231 g/mol. The highest BCUT2D eigenvalue weighted by atomic mass is 19.1. The molecule has 18 heavy (non-hydrogen) atoms. The van der Waals surface area contributed by atoms with E-state index in [1.165, 1.54) is 25.6 Å². The van der Waals surface area contributed by atoms with Crippen molar-refractivity contribution >= 4 is 5.82 Å². The van der Waals surface area contributed by atoms with E-state index in [0.29, 0.717) is 24.6 Å².